The van der Waals surface area contributed by atoms with Crippen LogP contribution < -0.4 is 10.1 Å². The fraction of sp³-hybridized carbons (Fsp3) is 0.0714. The largest absolute Gasteiger partial charge is 0.417 e. The van der Waals surface area contributed by atoms with Crippen LogP contribution in [0.4, 0.5) is 28.0 Å². The minimum atomic E-state index is -4.50. The van der Waals surface area contributed by atoms with E-state index in [2.05, 4.69) is 5.32 Å². The van der Waals surface area contributed by atoms with Crippen molar-refractivity contribution in [2.24, 2.45) is 0 Å². The number of amides is 1. The summed E-state index contributed by atoms with van der Waals surface area (Å²) in [7, 11) is 0. The van der Waals surface area contributed by atoms with Gasteiger partial charge in [0.25, 0.3) is 0 Å². The lowest BCUT2D eigenvalue weighted by molar-refractivity contribution is -0.137. The average Bonchev–Trinajstić information content (AvgIpc) is 2.41. The van der Waals surface area contributed by atoms with Crippen molar-refractivity contribution in [3.8, 4) is 5.75 Å². The van der Waals surface area contributed by atoms with Crippen LogP contribution in [0.3, 0.4) is 0 Å². The van der Waals surface area contributed by atoms with Gasteiger partial charge in [-0.1, -0.05) is 6.07 Å². The van der Waals surface area contributed by atoms with Gasteiger partial charge in [-0.05, 0) is 42.5 Å². The van der Waals surface area contributed by atoms with Gasteiger partial charge in [0.1, 0.15) is 11.6 Å². The highest BCUT2D eigenvalue weighted by atomic mass is 19.4. The lowest BCUT2D eigenvalue weighted by Gasteiger charge is -2.10. The van der Waals surface area contributed by atoms with Gasteiger partial charge in [-0.15, -0.1) is 0 Å². The molecule has 3 nitrogen and oxygen atoms in total. The first-order valence-corrected chi connectivity index (χ1v) is 5.76. The molecular weight excluding hydrogens is 290 g/mol. The zero-order valence-corrected chi connectivity index (χ0v) is 10.4. The van der Waals surface area contributed by atoms with E-state index in [1.54, 1.807) is 0 Å². The summed E-state index contributed by atoms with van der Waals surface area (Å²) in [6.07, 6.45) is -5.47. The molecule has 2 aromatic carbocycles. The highest BCUT2D eigenvalue weighted by Crippen LogP contribution is 2.30. The molecule has 110 valence electrons. The Kier molecular flexibility index (Phi) is 4.11. The molecular formula is C14H9F4NO2. The van der Waals surface area contributed by atoms with E-state index in [0.717, 1.165) is 30.3 Å². The number of benzene rings is 2. The highest BCUT2D eigenvalue weighted by Gasteiger charge is 2.30. The number of hydrogen-bond acceptors (Lipinski definition) is 2. The Morgan fingerprint density at radius 1 is 1.05 bits per heavy atom. The molecule has 0 radical (unpaired) electrons. The van der Waals surface area contributed by atoms with Crippen LogP contribution in [0.15, 0.2) is 48.5 Å². The first-order chi connectivity index (χ1) is 9.84. The Morgan fingerprint density at radius 3 is 2.33 bits per heavy atom. The van der Waals surface area contributed by atoms with Crippen molar-refractivity contribution in [1.82, 2.24) is 0 Å². The predicted molar refractivity (Wildman–Crippen MR) is 67.5 cm³/mol. The molecule has 0 unspecified atom stereocenters. The van der Waals surface area contributed by atoms with Crippen molar-refractivity contribution in [2.75, 3.05) is 5.32 Å². The summed E-state index contributed by atoms with van der Waals surface area (Å²) in [6, 6.07) is 8.75. The third kappa shape index (κ3) is 4.20. The van der Waals surface area contributed by atoms with E-state index in [4.69, 9.17) is 4.74 Å². The average molecular weight is 299 g/mol. The van der Waals surface area contributed by atoms with Crippen molar-refractivity contribution in [3.63, 3.8) is 0 Å². The smallest absolute Gasteiger partial charge is 0.410 e. The summed E-state index contributed by atoms with van der Waals surface area (Å²) < 4.78 is 55.0. The molecule has 0 saturated heterocycles. The van der Waals surface area contributed by atoms with Crippen molar-refractivity contribution >= 4 is 11.8 Å². The van der Waals surface area contributed by atoms with Crippen molar-refractivity contribution < 1.29 is 27.1 Å². The van der Waals surface area contributed by atoms with Gasteiger partial charge in [-0.3, -0.25) is 5.32 Å². The highest BCUT2D eigenvalue weighted by molar-refractivity contribution is 5.86. The topological polar surface area (TPSA) is 38.3 Å². The van der Waals surface area contributed by atoms with E-state index in [1.165, 1.54) is 18.2 Å². The number of carbonyl (C=O) groups is 1. The van der Waals surface area contributed by atoms with Gasteiger partial charge in [0, 0.05) is 5.69 Å². The molecule has 0 bridgehead atoms. The van der Waals surface area contributed by atoms with Crippen molar-refractivity contribution in [2.45, 2.75) is 6.18 Å². The molecule has 21 heavy (non-hydrogen) atoms. The number of rotatable bonds is 2. The zero-order chi connectivity index (χ0) is 15.5. The van der Waals surface area contributed by atoms with Gasteiger partial charge in [0.05, 0.1) is 5.56 Å². The Labute approximate surface area is 117 Å². The number of ether oxygens (including phenoxy) is 1. The molecule has 0 spiro atoms. The summed E-state index contributed by atoms with van der Waals surface area (Å²) in [5.74, 6) is -0.429. The van der Waals surface area contributed by atoms with Crippen LogP contribution in [-0.4, -0.2) is 6.09 Å². The fourth-order valence-electron chi connectivity index (χ4n) is 1.53. The maximum absolute atomic E-state index is 12.7. The van der Waals surface area contributed by atoms with Crippen LogP contribution in [0.25, 0.3) is 0 Å². The second-order valence-electron chi connectivity index (χ2n) is 4.05. The Bertz CT molecular complexity index is 638. The molecule has 7 heteroatoms. The SMILES string of the molecule is O=C(Nc1cccc(C(F)(F)F)c1)Oc1ccc(F)cc1. The number of nitrogens with one attached hydrogen (secondary N) is 1. The van der Waals surface area contributed by atoms with E-state index in [0.29, 0.717) is 0 Å². The van der Waals surface area contributed by atoms with Crippen LogP contribution in [0.2, 0.25) is 0 Å². The van der Waals surface area contributed by atoms with Gasteiger partial charge < -0.3 is 4.74 Å². The first-order valence-electron chi connectivity index (χ1n) is 5.76. The predicted octanol–water partition coefficient (Wildman–Crippen LogP) is 4.46. The van der Waals surface area contributed by atoms with Gasteiger partial charge in [-0.2, -0.15) is 13.2 Å². The van der Waals surface area contributed by atoms with Gasteiger partial charge >= 0.3 is 12.3 Å². The number of halogens is 4. The molecule has 0 aliphatic heterocycles. The number of alkyl halides is 3. The monoisotopic (exact) mass is 299 g/mol. The molecule has 0 atom stereocenters. The van der Waals surface area contributed by atoms with E-state index in [1.807, 2.05) is 0 Å². The van der Waals surface area contributed by atoms with E-state index < -0.39 is 23.7 Å². The quantitative estimate of drug-likeness (QED) is 0.832. The second kappa shape index (κ2) is 5.82. The Balaban J connectivity index is 2.04. The molecule has 1 N–H and O–H groups in total. The molecule has 0 heterocycles. The number of carbonyl (C=O) groups excluding carboxylic acids is 1. The molecule has 0 saturated carbocycles. The minimum absolute atomic E-state index is 0.0584. The van der Waals surface area contributed by atoms with Crippen molar-refractivity contribution in [3.05, 3.63) is 59.9 Å². The van der Waals surface area contributed by atoms with E-state index >= 15 is 0 Å². The molecule has 0 aliphatic rings. The molecule has 1 amide bonds. The summed E-state index contributed by atoms with van der Waals surface area (Å²) in [5, 5.41) is 2.16. The van der Waals surface area contributed by atoms with E-state index in [9.17, 15) is 22.4 Å². The first kappa shape index (κ1) is 14.8. The Morgan fingerprint density at radius 2 is 1.71 bits per heavy atom. The normalized spacial score (nSPS) is 11.0. The van der Waals surface area contributed by atoms with Crippen LogP contribution in [0, 0.1) is 5.82 Å². The van der Waals surface area contributed by atoms with Crippen molar-refractivity contribution in [1.29, 1.82) is 0 Å². The molecule has 2 aromatic rings. The van der Waals surface area contributed by atoms with Crippen LogP contribution in [-0.2, 0) is 6.18 Å². The Hall–Kier alpha value is -2.57. The maximum Gasteiger partial charge on any atom is 0.417 e. The standard InChI is InChI=1S/C14H9F4NO2/c15-10-4-6-12(7-5-10)21-13(20)19-11-3-1-2-9(8-11)14(16,17)18/h1-8H,(H,19,20). The summed E-state index contributed by atoms with van der Waals surface area (Å²) in [5.41, 5.74) is -0.945. The molecule has 0 fully saturated rings. The number of anilines is 1. The molecule has 2 rings (SSSR count). The third-order valence-electron chi connectivity index (χ3n) is 2.46. The zero-order valence-electron chi connectivity index (χ0n) is 10.4. The van der Waals surface area contributed by atoms with Crippen LogP contribution in [0.1, 0.15) is 5.56 Å². The number of hydrogen-bond donors (Lipinski definition) is 1. The molecule has 0 aliphatic carbocycles. The molecule has 0 aromatic heterocycles. The lowest BCUT2D eigenvalue weighted by Crippen LogP contribution is -2.17. The van der Waals surface area contributed by atoms with Gasteiger partial charge in [0.15, 0.2) is 0 Å². The van der Waals surface area contributed by atoms with Gasteiger partial charge in [0.2, 0.25) is 0 Å². The fourth-order valence-corrected chi connectivity index (χ4v) is 1.53. The summed E-state index contributed by atoms with van der Waals surface area (Å²) >= 11 is 0. The maximum atomic E-state index is 12.7. The summed E-state index contributed by atoms with van der Waals surface area (Å²) in [6.45, 7) is 0. The minimum Gasteiger partial charge on any atom is -0.410 e. The second-order valence-corrected chi connectivity index (χ2v) is 4.05. The summed E-state index contributed by atoms with van der Waals surface area (Å²) in [4.78, 5) is 11.5. The van der Waals surface area contributed by atoms with Crippen LogP contribution in [0.5, 0.6) is 5.75 Å². The van der Waals surface area contributed by atoms with E-state index in [-0.39, 0.29) is 11.4 Å². The van der Waals surface area contributed by atoms with Gasteiger partial charge in [-0.25, -0.2) is 9.18 Å². The lowest BCUT2D eigenvalue weighted by atomic mass is 10.2. The van der Waals surface area contributed by atoms with Crippen LogP contribution >= 0.6 is 0 Å². The third-order valence-corrected chi connectivity index (χ3v) is 2.46.